The van der Waals surface area contributed by atoms with Gasteiger partial charge in [-0.25, -0.2) is 0 Å². The van der Waals surface area contributed by atoms with Gasteiger partial charge in [0.2, 0.25) is 0 Å². The van der Waals surface area contributed by atoms with Crippen molar-refractivity contribution >= 4 is 27.5 Å². The van der Waals surface area contributed by atoms with Crippen LogP contribution in [0.4, 0.5) is 0 Å². The number of amides is 1. The standard InChI is InChI=1S/C22H26N4O2S/c1-12-8-13(2)18(16(9-12)28-4)15-10-17-20(25-24-15)19(21(29-17)22(23)27)14-6-5-7-26(3)11-14/h8-10,14H,5-7,11H2,1-4H3,(H2,23,27). The van der Waals surface area contributed by atoms with Gasteiger partial charge in [0.15, 0.2) is 0 Å². The van der Waals surface area contributed by atoms with Gasteiger partial charge in [-0.2, -0.15) is 0 Å². The van der Waals surface area contributed by atoms with Crippen molar-refractivity contribution in [2.45, 2.75) is 32.6 Å². The molecule has 4 rings (SSSR count). The van der Waals surface area contributed by atoms with E-state index in [0.717, 1.165) is 69.8 Å². The van der Waals surface area contributed by atoms with Gasteiger partial charge < -0.3 is 15.4 Å². The molecule has 0 spiro atoms. The summed E-state index contributed by atoms with van der Waals surface area (Å²) in [4.78, 5) is 15.1. The molecule has 3 heterocycles. The maximum atomic E-state index is 12.2. The van der Waals surface area contributed by atoms with E-state index in [1.54, 1.807) is 7.11 Å². The number of nitrogens with zero attached hydrogens (tertiary/aromatic N) is 3. The maximum absolute atomic E-state index is 12.2. The first kappa shape index (κ1) is 19.8. The second-order valence-corrected chi connectivity index (χ2v) is 8.96. The second-order valence-electron chi connectivity index (χ2n) is 7.91. The van der Waals surface area contributed by atoms with Crippen molar-refractivity contribution in [1.29, 1.82) is 0 Å². The number of rotatable bonds is 4. The number of methoxy groups -OCH3 is 1. The molecule has 1 aliphatic rings. The number of carbonyl (C=O) groups is 1. The first-order chi connectivity index (χ1) is 13.9. The van der Waals surface area contributed by atoms with Crippen LogP contribution in [0, 0.1) is 13.8 Å². The number of thiophene rings is 1. The fourth-order valence-corrected chi connectivity index (χ4v) is 5.53. The van der Waals surface area contributed by atoms with Crippen LogP contribution in [0.25, 0.3) is 21.5 Å². The van der Waals surface area contributed by atoms with E-state index >= 15 is 0 Å². The Hall–Kier alpha value is -2.51. The van der Waals surface area contributed by atoms with E-state index in [2.05, 4.69) is 28.2 Å². The quantitative estimate of drug-likeness (QED) is 0.706. The van der Waals surface area contributed by atoms with Crippen LogP contribution in [-0.2, 0) is 0 Å². The molecular weight excluding hydrogens is 384 g/mol. The van der Waals surface area contributed by atoms with Gasteiger partial charge in [0, 0.05) is 23.6 Å². The minimum Gasteiger partial charge on any atom is -0.496 e. The number of ether oxygens (including phenoxy) is 1. The number of hydrogen-bond donors (Lipinski definition) is 1. The van der Waals surface area contributed by atoms with Gasteiger partial charge in [-0.3, -0.25) is 4.79 Å². The molecule has 7 heteroatoms. The highest BCUT2D eigenvalue weighted by molar-refractivity contribution is 7.21. The second kappa shape index (κ2) is 7.72. The molecule has 0 saturated carbocycles. The van der Waals surface area contributed by atoms with E-state index < -0.39 is 0 Å². The third-order valence-electron chi connectivity index (χ3n) is 5.65. The summed E-state index contributed by atoms with van der Waals surface area (Å²) in [5, 5.41) is 9.11. The predicted molar refractivity (Wildman–Crippen MR) is 117 cm³/mol. The summed E-state index contributed by atoms with van der Waals surface area (Å²) in [6.07, 6.45) is 2.13. The summed E-state index contributed by atoms with van der Waals surface area (Å²) in [7, 11) is 3.78. The molecule has 0 radical (unpaired) electrons. The lowest BCUT2D eigenvalue weighted by Gasteiger charge is -2.29. The van der Waals surface area contributed by atoms with Gasteiger partial charge in [0.25, 0.3) is 5.91 Å². The van der Waals surface area contributed by atoms with E-state index in [1.165, 1.54) is 11.3 Å². The average molecular weight is 411 g/mol. The summed E-state index contributed by atoms with van der Waals surface area (Å²) < 4.78 is 6.54. The number of aryl methyl sites for hydroxylation is 2. The fraction of sp³-hybridized carbons (Fsp3) is 0.409. The number of aromatic nitrogens is 2. The minimum absolute atomic E-state index is 0.251. The van der Waals surface area contributed by atoms with Crippen LogP contribution >= 0.6 is 11.3 Å². The van der Waals surface area contributed by atoms with Crippen molar-refractivity contribution in [3.8, 4) is 17.0 Å². The average Bonchev–Trinajstić information content (AvgIpc) is 3.06. The molecule has 1 fully saturated rings. The molecule has 0 aliphatic carbocycles. The zero-order chi connectivity index (χ0) is 20.7. The molecule has 0 bridgehead atoms. The highest BCUT2D eigenvalue weighted by Crippen LogP contribution is 2.41. The number of likely N-dealkylation sites (N-methyl/N-ethyl adjacent to an activating group) is 1. The number of likely N-dealkylation sites (tertiary alicyclic amines) is 1. The number of hydrogen-bond acceptors (Lipinski definition) is 6. The number of nitrogens with two attached hydrogens (primary N) is 1. The van der Waals surface area contributed by atoms with Crippen molar-refractivity contribution in [3.05, 3.63) is 39.8 Å². The van der Waals surface area contributed by atoms with Crippen LogP contribution in [0.1, 0.15) is 45.1 Å². The summed E-state index contributed by atoms with van der Waals surface area (Å²) >= 11 is 1.42. The number of benzene rings is 1. The molecule has 1 aromatic carbocycles. The molecule has 152 valence electrons. The lowest BCUT2D eigenvalue weighted by Crippen LogP contribution is -2.31. The van der Waals surface area contributed by atoms with Crippen molar-refractivity contribution < 1.29 is 9.53 Å². The Bertz CT molecular complexity index is 1090. The highest BCUT2D eigenvalue weighted by atomic mass is 32.1. The molecule has 1 atom stereocenters. The van der Waals surface area contributed by atoms with Gasteiger partial charge in [-0.1, -0.05) is 6.07 Å². The fourth-order valence-electron chi connectivity index (χ4n) is 4.42. The number of primary amides is 1. The van der Waals surface area contributed by atoms with Crippen LogP contribution in [0.5, 0.6) is 5.75 Å². The van der Waals surface area contributed by atoms with Crippen LogP contribution in [-0.4, -0.2) is 48.3 Å². The van der Waals surface area contributed by atoms with Gasteiger partial charge in [0.1, 0.15) is 11.3 Å². The van der Waals surface area contributed by atoms with E-state index in [0.29, 0.717) is 4.88 Å². The van der Waals surface area contributed by atoms with Gasteiger partial charge in [-0.15, -0.1) is 21.5 Å². The number of fused-ring (bicyclic) bond motifs is 1. The Kier molecular flexibility index (Phi) is 5.27. The minimum atomic E-state index is -0.387. The topological polar surface area (TPSA) is 81.3 Å². The summed E-state index contributed by atoms with van der Waals surface area (Å²) in [5.41, 5.74) is 11.4. The summed E-state index contributed by atoms with van der Waals surface area (Å²) in [6, 6.07) is 6.12. The third-order valence-corrected chi connectivity index (χ3v) is 6.80. The van der Waals surface area contributed by atoms with Crippen molar-refractivity contribution in [2.24, 2.45) is 5.73 Å². The van der Waals surface area contributed by atoms with Crippen LogP contribution in [0.2, 0.25) is 0 Å². The largest absolute Gasteiger partial charge is 0.496 e. The molecule has 1 aliphatic heterocycles. The van der Waals surface area contributed by atoms with Crippen molar-refractivity contribution in [1.82, 2.24) is 15.1 Å². The SMILES string of the molecule is COc1cc(C)cc(C)c1-c1cc2sc(C(N)=O)c(C3CCCN(C)C3)c2nn1. The smallest absolute Gasteiger partial charge is 0.259 e. The predicted octanol–water partition coefficient (Wildman–Crippen LogP) is 3.89. The van der Waals surface area contributed by atoms with Crippen molar-refractivity contribution in [2.75, 3.05) is 27.2 Å². The Morgan fingerprint density at radius 3 is 2.76 bits per heavy atom. The lowest BCUT2D eigenvalue weighted by molar-refractivity contribution is 0.100. The lowest BCUT2D eigenvalue weighted by atomic mass is 9.90. The van der Waals surface area contributed by atoms with E-state index in [1.807, 2.05) is 26.0 Å². The van der Waals surface area contributed by atoms with Gasteiger partial charge >= 0.3 is 0 Å². The monoisotopic (exact) mass is 410 g/mol. The first-order valence-corrected chi connectivity index (χ1v) is 10.6. The Balaban J connectivity index is 1.87. The Morgan fingerprint density at radius 1 is 1.28 bits per heavy atom. The zero-order valence-corrected chi connectivity index (χ0v) is 18.1. The molecule has 3 aromatic rings. The summed E-state index contributed by atoms with van der Waals surface area (Å²) in [5.74, 6) is 0.639. The molecule has 6 nitrogen and oxygen atoms in total. The van der Waals surface area contributed by atoms with E-state index in [-0.39, 0.29) is 11.8 Å². The summed E-state index contributed by atoms with van der Waals surface area (Å²) in [6.45, 7) is 6.07. The van der Waals surface area contributed by atoms with E-state index in [4.69, 9.17) is 10.5 Å². The molecular formula is C22H26N4O2S. The molecule has 2 N–H and O–H groups in total. The normalized spacial score (nSPS) is 17.6. The third kappa shape index (κ3) is 3.60. The molecule has 1 saturated heterocycles. The van der Waals surface area contributed by atoms with Crippen LogP contribution in [0.3, 0.4) is 0 Å². The number of piperidine rings is 1. The van der Waals surface area contributed by atoms with Crippen molar-refractivity contribution in [3.63, 3.8) is 0 Å². The molecule has 1 unspecified atom stereocenters. The first-order valence-electron chi connectivity index (χ1n) is 9.83. The zero-order valence-electron chi connectivity index (χ0n) is 17.3. The number of carbonyl (C=O) groups excluding carboxylic acids is 1. The Labute approximate surface area is 174 Å². The van der Waals surface area contributed by atoms with Crippen LogP contribution in [0.15, 0.2) is 18.2 Å². The molecule has 29 heavy (non-hydrogen) atoms. The van der Waals surface area contributed by atoms with Crippen LogP contribution < -0.4 is 10.5 Å². The highest BCUT2D eigenvalue weighted by Gasteiger charge is 2.28. The Morgan fingerprint density at radius 2 is 2.07 bits per heavy atom. The van der Waals surface area contributed by atoms with Gasteiger partial charge in [-0.05, 0) is 63.5 Å². The van der Waals surface area contributed by atoms with Gasteiger partial charge in [0.05, 0.1) is 22.4 Å². The molecule has 1 amide bonds. The van der Waals surface area contributed by atoms with E-state index in [9.17, 15) is 4.79 Å². The maximum Gasteiger partial charge on any atom is 0.259 e. The molecule has 2 aromatic heterocycles.